The number of nitrogens with one attached hydrogen (secondary N) is 2. The van der Waals surface area contributed by atoms with E-state index in [1.54, 1.807) is 0 Å². The standard InChI is InChI=1S/C23H27F3N4O2/c1-29(2)20(16-9-10-19-15(12-16)6-5-11-30(19)3)14-27-21(31)22(32)28-18-8-4-7-17(13-18)23(24,25)26/h4,7-10,12-13,20H,5-6,11,14H2,1-3H3,(H,27,31)(H,28,32)/t20-/m0/s1. The highest BCUT2D eigenvalue weighted by atomic mass is 19.4. The molecule has 32 heavy (non-hydrogen) atoms. The van der Waals surface area contributed by atoms with Gasteiger partial charge in [0.25, 0.3) is 0 Å². The Hall–Kier alpha value is -3.07. The Kier molecular flexibility index (Phi) is 7.08. The van der Waals surface area contributed by atoms with E-state index in [0.717, 1.165) is 37.1 Å². The van der Waals surface area contributed by atoms with Crippen LogP contribution in [0.15, 0.2) is 42.5 Å². The molecule has 2 amide bonds. The van der Waals surface area contributed by atoms with Gasteiger partial charge in [-0.1, -0.05) is 18.2 Å². The summed E-state index contributed by atoms with van der Waals surface area (Å²) in [5, 5.41) is 4.81. The Labute approximate surface area is 185 Å². The molecule has 1 atom stereocenters. The number of carbonyl (C=O) groups excluding carboxylic acids is 2. The maximum Gasteiger partial charge on any atom is 0.416 e. The molecular formula is C23H27F3N4O2. The molecule has 0 bridgehead atoms. The van der Waals surface area contributed by atoms with Crippen LogP contribution in [0.5, 0.6) is 0 Å². The molecule has 1 heterocycles. The lowest BCUT2D eigenvalue weighted by Crippen LogP contribution is -2.40. The predicted octanol–water partition coefficient (Wildman–Crippen LogP) is 3.45. The summed E-state index contributed by atoms with van der Waals surface area (Å²) in [5.74, 6) is -1.93. The molecule has 6 nitrogen and oxygen atoms in total. The van der Waals surface area contributed by atoms with Crippen LogP contribution in [0.2, 0.25) is 0 Å². The molecule has 2 aromatic rings. The number of anilines is 2. The van der Waals surface area contributed by atoms with Gasteiger partial charge in [-0.05, 0) is 62.3 Å². The van der Waals surface area contributed by atoms with E-state index in [-0.39, 0.29) is 18.3 Å². The van der Waals surface area contributed by atoms with Crippen molar-refractivity contribution in [1.29, 1.82) is 0 Å². The second-order valence-corrected chi connectivity index (χ2v) is 8.14. The van der Waals surface area contributed by atoms with Crippen molar-refractivity contribution in [3.63, 3.8) is 0 Å². The minimum absolute atomic E-state index is 0.0945. The zero-order valence-corrected chi connectivity index (χ0v) is 18.3. The number of fused-ring (bicyclic) bond motifs is 1. The molecule has 0 aromatic heterocycles. The van der Waals surface area contributed by atoms with E-state index in [0.29, 0.717) is 0 Å². The number of likely N-dealkylation sites (N-methyl/N-ethyl adjacent to an activating group) is 1. The summed E-state index contributed by atoms with van der Waals surface area (Å²) in [6.45, 7) is 1.19. The first-order chi connectivity index (χ1) is 15.1. The SMILES string of the molecule is CN1CCCc2cc([C@H](CNC(=O)C(=O)Nc3cccc(C(F)(F)F)c3)N(C)C)ccc21. The average molecular weight is 448 g/mol. The lowest BCUT2D eigenvalue weighted by Gasteiger charge is -2.30. The van der Waals surface area contributed by atoms with Crippen LogP contribution >= 0.6 is 0 Å². The Bertz CT molecular complexity index is 991. The first-order valence-corrected chi connectivity index (χ1v) is 10.3. The molecule has 0 aliphatic carbocycles. The quantitative estimate of drug-likeness (QED) is 0.688. The Morgan fingerprint density at radius 1 is 1.12 bits per heavy atom. The van der Waals surface area contributed by atoms with E-state index in [1.165, 1.54) is 23.4 Å². The van der Waals surface area contributed by atoms with Crippen LogP contribution in [0.4, 0.5) is 24.5 Å². The molecule has 1 aliphatic heterocycles. The first-order valence-electron chi connectivity index (χ1n) is 10.3. The Balaban J connectivity index is 1.65. The van der Waals surface area contributed by atoms with Gasteiger partial charge in [-0.2, -0.15) is 13.2 Å². The van der Waals surface area contributed by atoms with E-state index in [9.17, 15) is 22.8 Å². The topological polar surface area (TPSA) is 64.7 Å². The van der Waals surface area contributed by atoms with Gasteiger partial charge in [0.1, 0.15) is 0 Å². The normalized spacial score (nSPS) is 14.7. The van der Waals surface area contributed by atoms with Crippen LogP contribution in [0.3, 0.4) is 0 Å². The summed E-state index contributed by atoms with van der Waals surface area (Å²) in [4.78, 5) is 28.6. The summed E-state index contributed by atoms with van der Waals surface area (Å²) < 4.78 is 38.5. The fourth-order valence-electron chi connectivity index (χ4n) is 3.84. The lowest BCUT2D eigenvalue weighted by molar-refractivity contribution is -0.137. The smallest absolute Gasteiger partial charge is 0.374 e. The van der Waals surface area contributed by atoms with Crippen LogP contribution in [-0.4, -0.2) is 50.9 Å². The van der Waals surface area contributed by atoms with Crippen molar-refractivity contribution in [3.8, 4) is 0 Å². The maximum atomic E-state index is 12.8. The summed E-state index contributed by atoms with van der Waals surface area (Å²) in [6.07, 6.45) is -2.48. The number of aryl methyl sites for hydroxylation is 1. The van der Waals surface area contributed by atoms with Gasteiger partial charge in [0.2, 0.25) is 0 Å². The molecule has 3 rings (SSSR count). The second-order valence-electron chi connectivity index (χ2n) is 8.14. The molecule has 172 valence electrons. The number of hydrogen-bond acceptors (Lipinski definition) is 4. The number of amides is 2. The second kappa shape index (κ2) is 9.60. The zero-order valence-electron chi connectivity index (χ0n) is 18.3. The molecule has 0 radical (unpaired) electrons. The predicted molar refractivity (Wildman–Crippen MR) is 118 cm³/mol. The molecule has 2 N–H and O–H groups in total. The molecule has 0 saturated carbocycles. The van der Waals surface area contributed by atoms with E-state index in [1.807, 2.05) is 25.1 Å². The minimum Gasteiger partial charge on any atom is -0.374 e. The van der Waals surface area contributed by atoms with Crippen LogP contribution in [-0.2, 0) is 22.2 Å². The summed E-state index contributed by atoms with van der Waals surface area (Å²) in [6, 6.07) is 10.2. The minimum atomic E-state index is -4.54. The highest BCUT2D eigenvalue weighted by molar-refractivity contribution is 6.39. The molecule has 0 unspecified atom stereocenters. The largest absolute Gasteiger partial charge is 0.416 e. The van der Waals surface area contributed by atoms with Crippen LogP contribution in [0, 0.1) is 0 Å². The van der Waals surface area contributed by atoms with Gasteiger partial charge in [-0.3, -0.25) is 9.59 Å². The number of alkyl halides is 3. The molecule has 0 fully saturated rings. The van der Waals surface area contributed by atoms with E-state index < -0.39 is 23.6 Å². The van der Waals surface area contributed by atoms with Crippen molar-refractivity contribution in [2.45, 2.75) is 25.1 Å². The first kappa shape index (κ1) is 23.6. The molecular weight excluding hydrogens is 421 g/mol. The molecule has 0 saturated heterocycles. The van der Waals surface area contributed by atoms with Crippen LogP contribution in [0.25, 0.3) is 0 Å². The van der Waals surface area contributed by atoms with Crippen LogP contribution in [0.1, 0.15) is 29.2 Å². The fraction of sp³-hybridized carbons (Fsp3) is 0.391. The molecule has 9 heteroatoms. The van der Waals surface area contributed by atoms with Gasteiger partial charge in [-0.25, -0.2) is 0 Å². The van der Waals surface area contributed by atoms with Crippen molar-refractivity contribution < 1.29 is 22.8 Å². The van der Waals surface area contributed by atoms with Crippen molar-refractivity contribution >= 4 is 23.2 Å². The van der Waals surface area contributed by atoms with Crippen molar-refractivity contribution in [2.75, 3.05) is 44.4 Å². The highest BCUT2D eigenvalue weighted by Crippen LogP contribution is 2.31. The summed E-state index contributed by atoms with van der Waals surface area (Å²) >= 11 is 0. The average Bonchev–Trinajstić information content (AvgIpc) is 2.73. The zero-order chi connectivity index (χ0) is 23.5. The van der Waals surface area contributed by atoms with Gasteiger partial charge < -0.3 is 20.4 Å². The van der Waals surface area contributed by atoms with Crippen LogP contribution < -0.4 is 15.5 Å². The van der Waals surface area contributed by atoms with Gasteiger partial charge in [0.15, 0.2) is 0 Å². The summed E-state index contributed by atoms with van der Waals surface area (Å²) in [7, 11) is 5.82. The highest BCUT2D eigenvalue weighted by Gasteiger charge is 2.30. The maximum absolute atomic E-state index is 12.8. The van der Waals surface area contributed by atoms with Gasteiger partial charge in [-0.15, -0.1) is 0 Å². The van der Waals surface area contributed by atoms with E-state index in [2.05, 4.69) is 34.7 Å². The van der Waals surface area contributed by atoms with Crippen molar-refractivity contribution in [2.24, 2.45) is 0 Å². The third-order valence-electron chi connectivity index (χ3n) is 5.57. The monoisotopic (exact) mass is 448 g/mol. The third kappa shape index (κ3) is 5.59. The third-order valence-corrected chi connectivity index (χ3v) is 5.57. The van der Waals surface area contributed by atoms with Gasteiger partial charge in [0, 0.05) is 31.5 Å². The molecule has 0 spiro atoms. The van der Waals surface area contributed by atoms with E-state index in [4.69, 9.17) is 0 Å². The number of nitrogens with zero attached hydrogens (tertiary/aromatic N) is 2. The molecule has 1 aliphatic rings. The summed E-state index contributed by atoms with van der Waals surface area (Å²) in [5.41, 5.74) is 2.46. The van der Waals surface area contributed by atoms with Gasteiger partial charge in [0.05, 0.1) is 11.6 Å². The number of hydrogen-bond donors (Lipinski definition) is 2. The Morgan fingerprint density at radius 2 is 1.88 bits per heavy atom. The fourth-order valence-corrected chi connectivity index (χ4v) is 3.84. The van der Waals surface area contributed by atoms with Crippen molar-refractivity contribution in [3.05, 3.63) is 59.2 Å². The van der Waals surface area contributed by atoms with E-state index >= 15 is 0 Å². The lowest BCUT2D eigenvalue weighted by atomic mass is 9.96. The van der Waals surface area contributed by atoms with Gasteiger partial charge >= 0.3 is 18.0 Å². The van der Waals surface area contributed by atoms with Crippen molar-refractivity contribution in [1.82, 2.24) is 10.2 Å². The number of rotatable bonds is 5. The number of carbonyl (C=O) groups is 2. The molecule has 2 aromatic carbocycles. The number of benzene rings is 2. The number of halogens is 3. The Morgan fingerprint density at radius 3 is 2.56 bits per heavy atom.